The Balaban J connectivity index is 1.37. The minimum Gasteiger partial charge on any atom is -0.398 e. The van der Waals surface area contributed by atoms with Gasteiger partial charge in [-0.25, -0.2) is 4.68 Å². The zero-order valence-electron chi connectivity index (χ0n) is 20.9. The Kier molecular flexibility index (Phi) is 5.78. The Bertz CT molecular complexity index is 1380. The summed E-state index contributed by atoms with van der Waals surface area (Å²) in [6, 6.07) is 7.23. The van der Waals surface area contributed by atoms with Crippen molar-refractivity contribution in [2.75, 3.05) is 12.3 Å². The van der Waals surface area contributed by atoms with Gasteiger partial charge >= 0.3 is 0 Å². The Labute approximate surface area is 214 Å². The van der Waals surface area contributed by atoms with Gasteiger partial charge in [-0.3, -0.25) is 9.78 Å². The highest BCUT2D eigenvalue weighted by molar-refractivity contribution is 5.99. The molecule has 1 amide bonds. The first-order valence-electron chi connectivity index (χ1n) is 13.1. The van der Waals surface area contributed by atoms with E-state index < -0.39 is 11.6 Å². The van der Waals surface area contributed by atoms with Crippen LogP contribution in [0.15, 0.2) is 30.5 Å². The molecule has 1 fully saturated rings. The number of anilines is 1. The number of carbonyl (C=O) groups is 1. The molecule has 2 aliphatic carbocycles. The van der Waals surface area contributed by atoms with Crippen LogP contribution >= 0.6 is 0 Å². The second-order valence-electron chi connectivity index (χ2n) is 10.6. The third kappa shape index (κ3) is 4.19. The fourth-order valence-corrected chi connectivity index (χ4v) is 5.89. The summed E-state index contributed by atoms with van der Waals surface area (Å²) >= 11 is 0. The molecule has 0 saturated heterocycles. The minimum atomic E-state index is -3.13. The van der Waals surface area contributed by atoms with Gasteiger partial charge in [-0.1, -0.05) is 18.6 Å². The smallest absolute Gasteiger partial charge is 0.287 e. The predicted octanol–water partition coefficient (Wildman–Crippen LogP) is 4.80. The van der Waals surface area contributed by atoms with E-state index in [9.17, 15) is 18.7 Å². The SMILES string of the molecule is CC(F)(F)c1cc(N)c(C(=O)N2CCc3c4c(nn3-c3ccc(C5CC5)cc3CO)CCCCC42)cn1. The number of alkyl halides is 2. The Hall–Kier alpha value is -3.33. The van der Waals surface area contributed by atoms with Crippen LogP contribution in [0, 0.1) is 0 Å². The lowest BCUT2D eigenvalue weighted by Crippen LogP contribution is -2.40. The number of amides is 1. The zero-order chi connectivity index (χ0) is 25.9. The highest BCUT2D eigenvalue weighted by atomic mass is 19.3. The van der Waals surface area contributed by atoms with Crippen LogP contribution in [-0.4, -0.2) is 37.2 Å². The maximum atomic E-state index is 13.7. The van der Waals surface area contributed by atoms with Gasteiger partial charge in [0.25, 0.3) is 11.8 Å². The predicted molar refractivity (Wildman–Crippen MR) is 135 cm³/mol. The Morgan fingerprint density at radius 3 is 2.70 bits per heavy atom. The number of pyridine rings is 1. The van der Waals surface area contributed by atoms with E-state index in [1.54, 1.807) is 0 Å². The van der Waals surface area contributed by atoms with E-state index in [0.717, 1.165) is 66.9 Å². The number of rotatable bonds is 5. The molecule has 0 bridgehead atoms. The van der Waals surface area contributed by atoms with Gasteiger partial charge in [0.15, 0.2) is 0 Å². The number of nitrogen functional groups attached to an aromatic ring is 1. The second-order valence-corrected chi connectivity index (χ2v) is 10.6. The molecule has 1 atom stereocenters. The van der Waals surface area contributed by atoms with Crippen molar-refractivity contribution in [2.45, 2.75) is 76.4 Å². The van der Waals surface area contributed by atoms with E-state index in [1.165, 1.54) is 24.6 Å². The van der Waals surface area contributed by atoms with Crippen LogP contribution in [0.3, 0.4) is 0 Å². The molecule has 194 valence electrons. The van der Waals surface area contributed by atoms with E-state index in [0.29, 0.717) is 18.9 Å². The quantitative estimate of drug-likeness (QED) is 0.517. The van der Waals surface area contributed by atoms with Gasteiger partial charge in [0.05, 0.1) is 35.3 Å². The number of nitrogens with two attached hydrogens (primary N) is 1. The summed E-state index contributed by atoms with van der Waals surface area (Å²) < 4.78 is 29.4. The van der Waals surface area contributed by atoms with Crippen LogP contribution in [0.25, 0.3) is 5.69 Å². The van der Waals surface area contributed by atoms with Crippen LogP contribution in [0.5, 0.6) is 0 Å². The number of hydrogen-bond acceptors (Lipinski definition) is 5. The van der Waals surface area contributed by atoms with Crippen molar-refractivity contribution in [1.29, 1.82) is 0 Å². The third-order valence-corrected chi connectivity index (χ3v) is 7.97. The standard InChI is InChI=1S/C28H31F2N5O2/c1-28(29,30)25-13-20(31)19(14-32-25)27(37)34-11-10-24-26-21(4-2-3-5-23(26)34)33-35(24)22-9-8-17(16-6-7-16)12-18(22)15-36/h8-9,12-14,16,23,36H,2-7,10-11,15H2,1H3,(H2,31,32). The molecule has 37 heavy (non-hydrogen) atoms. The molecule has 1 unspecified atom stereocenters. The van der Waals surface area contributed by atoms with Crippen LogP contribution in [0.1, 0.15) is 95.1 Å². The summed E-state index contributed by atoms with van der Waals surface area (Å²) in [5.74, 6) is -2.84. The third-order valence-electron chi connectivity index (χ3n) is 7.97. The Morgan fingerprint density at radius 1 is 1.19 bits per heavy atom. The number of aliphatic hydroxyl groups excluding tert-OH is 1. The van der Waals surface area contributed by atoms with Crippen LogP contribution in [-0.2, 0) is 25.4 Å². The molecule has 1 saturated carbocycles. The summed E-state index contributed by atoms with van der Waals surface area (Å²) in [6.45, 7) is 1.16. The first-order chi connectivity index (χ1) is 17.8. The number of carbonyl (C=O) groups excluding carboxylic acids is 1. The number of aromatic nitrogens is 3. The summed E-state index contributed by atoms with van der Waals surface area (Å²) in [5, 5.41) is 15.2. The summed E-state index contributed by atoms with van der Waals surface area (Å²) in [6.07, 6.45) is 7.71. The average molecular weight is 508 g/mol. The zero-order valence-corrected chi connectivity index (χ0v) is 20.9. The summed E-state index contributed by atoms with van der Waals surface area (Å²) in [7, 11) is 0. The van der Waals surface area contributed by atoms with Crippen molar-refractivity contribution in [3.05, 3.63) is 69.8 Å². The summed E-state index contributed by atoms with van der Waals surface area (Å²) in [5.41, 5.74) is 11.9. The van der Waals surface area contributed by atoms with Crippen molar-refractivity contribution in [2.24, 2.45) is 0 Å². The van der Waals surface area contributed by atoms with Crippen LogP contribution in [0.4, 0.5) is 14.5 Å². The molecule has 3 aromatic rings. The number of aryl methyl sites for hydroxylation is 1. The van der Waals surface area contributed by atoms with Crippen molar-refractivity contribution in [3.63, 3.8) is 0 Å². The van der Waals surface area contributed by atoms with Crippen LogP contribution < -0.4 is 5.73 Å². The molecule has 2 aromatic heterocycles. The number of hydrogen-bond donors (Lipinski definition) is 2. The number of benzene rings is 1. The monoisotopic (exact) mass is 507 g/mol. The number of nitrogens with zero attached hydrogens (tertiary/aromatic N) is 4. The maximum absolute atomic E-state index is 13.7. The van der Waals surface area contributed by atoms with Gasteiger partial charge < -0.3 is 15.7 Å². The first kappa shape index (κ1) is 24.0. The lowest BCUT2D eigenvalue weighted by Gasteiger charge is -2.36. The van der Waals surface area contributed by atoms with Gasteiger partial charge in [-0.05, 0) is 55.7 Å². The fraction of sp³-hybridized carbons (Fsp3) is 0.464. The molecule has 3 aliphatic rings. The average Bonchev–Trinajstić information content (AvgIpc) is 3.69. The van der Waals surface area contributed by atoms with E-state index in [4.69, 9.17) is 10.8 Å². The maximum Gasteiger partial charge on any atom is 0.287 e. The molecule has 0 spiro atoms. The Morgan fingerprint density at radius 2 is 2.00 bits per heavy atom. The van der Waals surface area contributed by atoms with Gasteiger partial charge in [0.2, 0.25) is 0 Å². The normalized spacial score (nSPS) is 19.5. The molecular formula is C28H31F2N5O2. The van der Waals surface area contributed by atoms with Crippen molar-refractivity contribution in [1.82, 2.24) is 19.7 Å². The number of aliphatic hydroxyl groups is 1. The van der Waals surface area contributed by atoms with E-state index in [-0.39, 0.29) is 29.8 Å². The molecular weight excluding hydrogens is 476 g/mol. The molecule has 6 rings (SSSR count). The highest BCUT2D eigenvalue weighted by Gasteiger charge is 2.39. The molecule has 0 radical (unpaired) electrons. The van der Waals surface area contributed by atoms with Crippen molar-refractivity contribution in [3.8, 4) is 5.69 Å². The van der Waals surface area contributed by atoms with Gasteiger partial charge in [0.1, 0.15) is 5.69 Å². The molecule has 9 heteroatoms. The van der Waals surface area contributed by atoms with E-state index in [2.05, 4.69) is 23.2 Å². The van der Waals surface area contributed by atoms with E-state index >= 15 is 0 Å². The first-order valence-corrected chi connectivity index (χ1v) is 13.1. The van der Waals surface area contributed by atoms with Crippen LogP contribution in [0.2, 0.25) is 0 Å². The van der Waals surface area contributed by atoms with Crippen molar-refractivity contribution >= 4 is 11.6 Å². The molecule has 3 heterocycles. The van der Waals surface area contributed by atoms with Gasteiger partial charge in [-0.2, -0.15) is 13.9 Å². The topological polar surface area (TPSA) is 97.3 Å². The van der Waals surface area contributed by atoms with Crippen molar-refractivity contribution < 1.29 is 18.7 Å². The lowest BCUT2D eigenvalue weighted by molar-refractivity contribution is 0.0127. The number of halogens is 2. The molecule has 3 N–H and O–H groups in total. The second kappa shape index (κ2) is 8.90. The van der Waals surface area contributed by atoms with Gasteiger partial charge in [0, 0.05) is 42.9 Å². The van der Waals surface area contributed by atoms with E-state index in [1.807, 2.05) is 9.58 Å². The molecule has 1 aromatic carbocycles. The van der Waals surface area contributed by atoms with Gasteiger partial charge in [-0.15, -0.1) is 0 Å². The largest absolute Gasteiger partial charge is 0.398 e. The highest BCUT2D eigenvalue weighted by Crippen LogP contribution is 2.43. The molecule has 7 nitrogen and oxygen atoms in total. The summed E-state index contributed by atoms with van der Waals surface area (Å²) in [4.78, 5) is 19.3. The fourth-order valence-electron chi connectivity index (χ4n) is 5.89. The minimum absolute atomic E-state index is 0.00945. The molecule has 1 aliphatic heterocycles. The lowest BCUT2D eigenvalue weighted by atomic mass is 9.93.